The monoisotopic (exact) mass is 251 g/mol. The normalized spacial score (nSPS) is 20.7. The summed E-state index contributed by atoms with van der Waals surface area (Å²) < 4.78 is 13.4. The molecule has 1 aromatic carbocycles. The van der Waals surface area contributed by atoms with Crippen LogP contribution in [-0.2, 0) is 11.3 Å². The quantitative estimate of drug-likeness (QED) is 0.814. The first-order valence-corrected chi connectivity index (χ1v) is 6.10. The van der Waals surface area contributed by atoms with E-state index >= 15 is 0 Å². The van der Waals surface area contributed by atoms with Gasteiger partial charge in [-0.3, -0.25) is 9.69 Å². The summed E-state index contributed by atoms with van der Waals surface area (Å²) in [5, 5.41) is 5.96. The summed E-state index contributed by atoms with van der Waals surface area (Å²) in [5.41, 5.74) is 0.511. The molecule has 0 spiro atoms. The van der Waals surface area contributed by atoms with Gasteiger partial charge in [-0.1, -0.05) is 18.2 Å². The third kappa shape index (κ3) is 3.05. The highest BCUT2D eigenvalue weighted by Gasteiger charge is 2.25. The van der Waals surface area contributed by atoms with Crippen LogP contribution in [0.4, 0.5) is 4.39 Å². The molecule has 2 rings (SSSR count). The Morgan fingerprint density at radius 1 is 1.56 bits per heavy atom. The number of nitrogens with zero attached hydrogens (tertiary/aromatic N) is 1. The summed E-state index contributed by atoms with van der Waals surface area (Å²) in [4.78, 5) is 14.0. The van der Waals surface area contributed by atoms with Crippen LogP contribution in [0.25, 0.3) is 0 Å². The summed E-state index contributed by atoms with van der Waals surface area (Å²) in [6.07, 6.45) is 0. The van der Waals surface area contributed by atoms with Gasteiger partial charge in [0.1, 0.15) is 11.9 Å². The molecule has 1 unspecified atom stereocenters. The number of benzene rings is 1. The first-order chi connectivity index (χ1) is 8.68. The lowest BCUT2D eigenvalue weighted by atomic mass is 10.1. The minimum atomic E-state index is -0.284. The minimum Gasteiger partial charge on any atom is -0.351 e. The van der Waals surface area contributed by atoms with Crippen LogP contribution in [0.5, 0.6) is 0 Å². The minimum absolute atomic E-state index is 0.0621. The van der Waals surface area contributed by atoms with Crippen molar-refractivity contribution in [2.45, 2.75) is 12.6 Å². The first-order valence-electron chi connectivity index (χ1n) is 6.10. The largest absolute Gasteiger partial charge is 0.351 e. The van der Waals surface area contributed by atoms with Gasteiger partial charge in [-0.05, 0) is 13.1 Å². The Kier molecular flexibility index (Phi) is 4.28. The van der Waals surface area contributed by atoms with Gasteiger partial charge in [0.25, 0.3) is 0 Å². The van der Waals surface area contributed by atoms with Crippen molar-refractivity contribution in [1.82, 2.24) is 15.5 Å². The lowest BCUT2D eigenvalue weighted by Crippen LogP contribution is -2.56. The van der Waals surface area contributed by atoms with Gasteiger partial charge in [0.05, 0.1) is 0 Å². The zero-order valence-electron chi connectivity index (χ0n) is 10.4. The highest BCUT2D eigenvalue weighted by atomic mass is 19.1. The summed E-state index contributed by atoms with van der Waals surface area (Å²) in [7, 11) is 1.92. The number of halogens is 1. The van der Waals surface area contributed by atoms with Crippen molar-refractivity contribution in [1.29, 1.82) is 0 Å². The van der Waals surface area contributed by atoms with Gasteiger partial charge in [0.15, 0.2) is 0 Å². The Morgan fingerprint density at radius 3 is 3.06 bits per heavy atom. The number of carbonyl (C=O) groups excluding carboxylic acids is 1. The molecule has 1 fully saturated rings. The Hall–Kier alpha value is -1.46. The van der Waals surface area contributed by atoms with Gasteiger partial charge in [-0.2, -0.15) is 0 Å². The van der Waals surface area contributed by atoms with Crippen molar-refractivity contribution in [2.24, 2.45) is 0 Å². The molecule has 1 amide bonds. The zero-order chi connectivity index (χ0) is 13.0. The standard InChI is InChI=1S/C13H18FN3O/c1-17-7-6-15-9-12(17)13(18)16-8-10-4-2-3-5-11(10)14/h2-5,12,15H,6-9H2,1H3,(H,16,18). The van der Waals surface area contributed by atoms with Crippen LogP contribution in [0.2, 0.25) is 0 Å². The van der Waals surface area contributed by atoms with E-state index in [9.17, 15) is 9.18 Å². The van der Waals surface area contributed by atoms with E-state index in [0.717, 1.165) is 13.1 Å². The highest BCUT2D eigenvalue weighted by molar-refractivity contribution is 5.82. The Bertz CT molecular complexity index is 424. The molecule has 0 aliphatic carbocycles. The van der Waals surface area contributed by atoms with E-state index in [2.05, 4.69) is 10.6 Å². The number of nitrogens with one attached hydrogen (secondary N) is 2. The van der Waals surface area contributed by atoms with Crippen molar-refractivity contribution >= 4 is 5.91 Å². The lowest BCUT2D eigenvalue weighted by Gasteiger charge is -2.31. The number of hydrogen-bond acceptors (Lipinski definition) is 3. The fourth-order valence-electron chi connectivity index (χ4n) is 2.04. The van der Waals surface area contributed by atoms with Gasteiger partial charge in [-0.25, -0.2) is 4.39 Å². The molecule has 1 aromatic rings. The van der Waals surface area contributed by atoms with E-state index < -0.39 is 0 Å². The molecule has 0 radical (unpaired) electrons. The van der Waals surface area contributed by atoms with E-state index in [0.29, 0.717) is 12.1 Å². The van der Waals surface area contributed by atoms with Crippen LogP contribution in [0.15, 0.2) is 24.3 Å². The summed E-state index contributed by atoms with van der Waals surface area (Å²) in [6.45, 7) is 2.61. The van der Waals surface area contributed by atoms with E-state index in [4.69, 9.17) is 0 Å². The number of likely N-dealkylation sites (N-methyl/N-ethyl adjacent to an activating group) is 1. The maximum absolute atomic E-state index is 13.4. The molecule has 1 aliphatic heterocycles. The molecular formula is C13H18FN3O. The van der Waals surface area contributed by atoms with Gasteiger partial charge in [0, 0.05) is 31.7 Å². The van der Waals surface area contributed by atoms with Gasteiger partial charge in [0.2, 0.25) is 5.91 Å². The molecule has 2 N–H and O–H groups in total. The maximum Gasteiger partial charge on any atom is 0.238 e. The Labute approximate surface area is 106 Å². The van der Waals surface area contributed by atoms with E-state index in [-0.39, 0.29) is 24.3 Å². The predicted molar refractivity (Wildman–Crippen MR) is 67.5 cm³/mol. The van der Waals surface area contributed by atoms with Crippen LogP contribution in [0.3, 0.4) is 0 Å². The first kappa shape index (κ1) is 13.0. The molecule has 5 heteroatoms. The molecule has 0 aromatic heterocycles. The Morgan fingerprint density at radius 2 is 2.33 bits per heavy atom. The number of hydrogen-bond donors (Lipinski definition) is 2. The third-order valence-electron chi connectivity index (χ3n) is 3.22. The zero-order valence-corrected chi connectivity index (χ0v) is 10.4. The second-order valence-corrected chi connectivity index (χ2v) is 4.51. The predicted octanol–water partition coefficient (Wildman–Crippen LogP) is 0.345. The van der Waals surface area contributed by atoms with E-state index in [1.54, 1.807) is 18.2 Å². The highest BCUT2D eigenvalue weighted by Crippen LogP contribution is 2.06. The van der Waals surface area contributed by atoms with E-state index in [1.807, 2.05) is 11.9 Å². The average Bonchev–Trinajstić information content (AvgIpc) is 2.38. The van der Waals surface area contributed by atoms with Crippen LogP contribution in [0.1, 0.15) is 5.56 Å². The number of piperazine rings is 1. The van der Waals surface area contributed by atoms with Crippen LogP contribution in [-0.4, -0.2) is 43.5 Å². The summed E-state index contributed by atoms with van der Waals surface area (Å²) in [5.74, 6) is -0.346. The van der Waals surface area contributed by atoms with Gasteiger partial charge >= 0.3 is 0 Å². The van der Waals surface area contributed by atoms with Crippen molar-refractivity contribution in [3.05, 3.63) is 35.6 Å². The second-order valence-electron chi connectivity index (χ2n) is 4.51. The lowest BCUT2D eigenvalue weighted by molar-refractivity contribution is -0.126. The topological polar surface area (TPSA) is 44.4 Å². The van der Waals surface area contributed by atoms with Crippen LogP contribution in [0, 0.1) is 5.82 Å². The van der Waals surface area contributed by atoms with E-state index in [1.165, 1.54) is 6.07 Å². The molecule has 18 heavy (non-hydrogen) atoms. The maximum atomic E-state index is 13.4. The number of carbonyl (C=O) groups is 1. The molecule has 1 heterocycles. The van der Waals surface area contributed by atoms with Gasteiger partial charge in [-0.15, -0.1) is 0 Å². The molecule has 0 bridgehead atoms. The molecule has 1 aliphatic rings. The molecule has 98 valence electrons. The number of amides is 1. The average molecular weight is 251 g/mol. The van der Waals surface area contributed by atoms with Gasteiger partial charge < -0.3 is 10.6 Å². The SMILES string of the molecule is CN1CCNCC1C(=O)NCc1ccccc1F. The van der Waals surface area contributed by atoms with Crippen LogP contribution < -0.4 is 10.6 Å². The fraction of sp³-hybridized carbons (Fsp3) is 0.462. The molecule has 4 nitrogen and oxygen atoms in total. The second kappa shape index (κ2) is 5.93. The summed E-state index contributed by atoms with van der Waals surface area (Å²) >= 11 is 0. The fourth-order valence-corrected chi connectivity index (χ4v) is 2.04. The number of rotatable bonds is 3. The van der Waals surface area contributed by atoms with Crippen molar-refractivity contribution in [3.8, 4) is 0 Å². The molecular weight excluding hydrogens is 233 g/mol. The van der Waals surface area contributed by atoms with Crippen LogP contribution >= 0.6 is 0 Å². The Balaban J connectivity index is 1.90. The smallest absolute Gasteiger partial charge is 0.238 e. The summed E-state index contributed by atoms with van der Waals surface area (Å²) in [6, 6.07) is 6.30. The molecule has 1 atom stereocenters. The molecule has 0 saturated carbocycles. The van der Waals surface area contributed by atoms with Crippen molar-refractivity contribution in [2.75, 3.05) is 26.7 Å². The molecule has 1 saturated heterocycles. The van der Waals surface area contributed by atoms with Crippen molar-refractivity contribution < 1.29 is 9.18 Å². The third-order valence-corrected chi connectivity index (χ3v) is 3.22. The van der Waals surface area contributed by atoms with Crippen molar-refractivity contribution in [3.63, 3.8) is 0 Å².